The Hall–Kier alpha value is -2.14. The fourth-order valence-electron chi connectivity index (χ4n) is 1.67. The van der Waals surface area contributed by atoms with Gasteiger partial charge in [0, 0.05) is 31.9 Å². The summed E-state index contributed by atoms with van der Waals surface area (Å²) in [6, 6.07) is 5.17. The standard InChI is InChI=1S/C14H14ClN3O2/c1-18(2)14(19)9-4-5-12(16-7-9)10-6-13(20-3)17-8-11(10)15/h4-8H,1-3H3. The average molecular weight is 292 g/mol. The highest BCUT2D eigenvalue weighted by molar-refractivity contribution is 6.33. The summed E-state index contributed by atoms with van der Waals surface area (Å²) in [7, 11) is 4.92. The van der Waals surface area contributed by atoms with Crippen LogP contribution in [0.3, 0.4) is 0 Å². The van der Waals surface area contributed by atoms with Crippen LogP contribution in [0.25, 0.3) is 11.3 Å². The van der Waals surface area contributed by atoms with Gasteiger partial charge >= 0.3 is 0 Å². The van der Waals surface area contributed by atoms with Crippen molar-refractivity contribution in [2.75, 3.05) is 21.2 Å². The van der Waals surface area contributed by atoms with Gasteiger partial charge in [0.15, 0.2) is 0 Å². The minimum absolute atomic E-state index is 0.0949. The third-order valence-corrected chi connectivity index (χ3v) is 3.03. The highest BCUT2D eigenvalue weighted by Crippen LogP contribution is 2.28. The fraction of sp³-hybridized carbons (Fsp3) is 0.214. The number of carbonyl (C=O) groups is 1. The molecule has 0 fully saturated rings. The van der Waals surface area contributed by atoms with Gasteiger partial charge in [-0.15, -0.1) is 0 Å². The smallest absolute Gasteiger partial charge is 0.254 e. The second-order valence-corrected chi connectivity index (χ2v) is 4.75. The second-order valence-electron chi connectivity index (χ2n) is 4.34. The molecule has 0 N–H and O–H groups in total. The molecule has 6 heteroatoms. The lowest BCUT2D eigenvalue weighted by molar-refractivity contribution is 0.0827. The van der Waals surface area contributed by atoms with Crippen LogP contribution in [-0.2, 0) is 0 Å². The van der Waals surface area contributed by atoms with Gasteiger partial charge in [-0.25, -0.2) is 4.98 Å². The highest BCUT2D eigenvalue weighted by atomic mass is 35.5. The molecule has 0 atom stereocenters. The summed E-state index contributed by atoms with van der Waals surface area (Å²) in [5.41, 5.74) is 1.89. The van der Waals surface area contributed by atoms with E-state index in [0.29, 0.717) is 27.7 Å². The lowest BCUT2D eigenvalue weighted by atomic mass is 10.1. The van der Waals surface area contributed by atoms with Gasteiger partial charge in [0.25, 0.3) is 5.91 Å². The first-order valence-electron chi connectivity index (χ1n) is 5.90. The Morgan fingerprint density at radius 2 is 2.00 bits per heavy atom. The van der Waals surface area contributed by atoms with Crippen molar-refractivity contribution >= 4 is 17.5 Å². The van der Waals surface area contributed by atoms with Crippen LogP contribution in [0.15, 0.2) is 30.6 Å². The second kappa shape index (κ2) is 5.88. The summed E-state index contributed by atoms with van der Waals surface area (Å²) in [4.78, 5) is 21.6. The first-order valence-corrected chi connectivity index (χ1v) is 6.28. The van der Waals surface area contributed by atoms with Gasteiger partial charge in [-0.3, -0.25) is 9.78 Å². The van der Waals surface area contributed by atoms with E-state index >= 15 is 0 Å². The normalized spacial score (nSPS) is 10.2. The zero-order valence-corrected chi connectivity index (χ0v) is 12.2. The molecular formula is C14H14ClN3O2. The van der Waals surface area contributed by atoms with Crippen molar-refractivity contribution < 1.29 is 9.53 Å². The Balaban J connectivity index is 2.37. The molecule has 2 rings (SSSR count). The number of ether oxygens (including phenoxy) is 1. The predicted octanol–water partition coefficient (Wildman–Crippen LogP) is 2.51. The van der Waals surface area contributed by atoms with Gasteiger partial charge in [0.05, 0.1) is 29.6 Å². The Kier molecular flexibility index (Phi) is 4.20. The first kappa shape index (κ1) is 14.3. The van der Waals surface area contributed by atoms with Gasteiger partial charge in [0.2, 0.25) is 5.88 Å². The topological polar surface area (TPSA) is 55.3 Å². The van der Waals surface area contributed by atoms with Crippen LogP contribution in [0.1, 0.15) is 10.4 Å². The lowest BCUT2D eigenvalue weighted by Crippen LogP contribution is -2.21. The van der Waals surface area contributed by atoms with E-state index in [1.165, 1.54) is 24.4 Å². The number of hydrogen-bond acceptors (Lipinski definition) is 4. The van der Waals surface area contributed by atoms with Crippen molar-refractivity contribution in [3.63, 3.8) is 0 Å². The van der Waals surface area contributed by atoms with E-state index in [2.05, 4.69) is 9.97 Å². The molecule has 0 bridgehead atoms. The highest BCUT2D eigenvalue weighted by Gasteiger charge is 2.11. The molecule has 0 radical (unpaired) electrons. The molecule has 0 spiro atoms. The van der Waals surface area contributed by atoms with Crippen molar-refractivity contribution in [1.29, 1.82) is 0 Å². The van der Waals surface area contributed by atoms with Crippen molar-refractivity contribution in [3.8, 4) is 17.1 Å². The summed E-state index contributed by atoms with van der Waals surface area (Å²) < 4.78 is 5.07. The van der Waals surface area contributed by atoms with Crippen LogP contribution >= 0.6 is 11.6 Å². The molecule has 2 heterocycles. The number of rotatable bonds is 3. The van der Waals surface area contributed by atoms with Crippen LogP contribution in [-0.4, -0.2) is 42.0 Å². The van der Waals surface area contributed by atoms with Gasteiger partial charge in [0.1, 0.15) is 0 Å². The Morgan fingerprint density at radius 1 is 1.25 bits per heavy atom. The van der Waals surface area contributed by atoms with Gasteiger partial charge in [-0.1, -0.05) is 11.6 Å². The van der Waals surface area contributed by atoms with E-state index in [4.69, 9.17) is 16.3 Å². The van der Waals surface area contributed by atoms with E-state index in [9.17, 15) is 4.79 Å². The maximum atomic E-state index is 11.8. The SMILES string of the molecule is COc1cc(-c2ccc(C(=O)N(C)C)cn2)c(Cl)cn1. The summed E-state index contributed by atoms with van der Waals surface area (Å²) in [5, 5.41) is 0.477. The van der Waals surface area contributed by atoms with Crippen LogP contribution < -0.4 is 4.74 Å². The van der Waals surface area contributed by atoms with E-state index in [-0.39, 0.29) is 5.91 Å². The molecule has 0 aromatic carbocycles. The molecule has 2 aromatic rings. The molecule has 5 nitrogen and oxygen atoms in total. The number of halogens is 1. The molecule has 0 saturated carbocycles. The molecule has 0 unspecified atom stereocenters. The molecule has 0 saturated heterocycles. The van der Waals surface area contributed by atoms with Crippen molar-refractivity contribution in [2.45, 2.75) is 0 Å². The number of hydrogen-bond donors (Lipinski definition) is 0. The number of nitrogens with zero attached hydrogens (tertiary/aromatic N) is 3. The third kappa shape index (κ3) is 2.88. The van der Waals surface area contributed by atoms with Crippen molar-refractivity contribution in [3.05, 3.63) is 41.2 Å². The van der Waals surface area contributed by atoms with E-state index in [0.717, 1.165) is 0 Å². The summed E-state index contributed by atoms with van der Waals surface area (Å²) in [5.74, 6) is 0.363. The lowest BCUT2D eigenvalue weighted by Gasteiger charge is -2.10. The van der Waals surface area contributed by atoms with Crippen LogP contribution in [0.5, 0.6) is 5.88 Å². The maximum Gasteiger partial charge on any atom is 0.254 e. The number of aromatic nitrogens is 2. The van der Waals surface area contributed by atoms with Crippen molar-refractivity contribution in [1.82, 2.24) is 14.9 Å². The zero-order valence-electron chi connectivity index (χ0n) is 11.4. The molecule has 2 aromatic heterocycles. The predicted molar refractivity (Wildman–Crippen MR) is 77.0 cm³/mol. The monoisotopic (exact) mass is 291 g/mol. The van der Waals surface area contributed by atoms with Crippen LogP contribution in [0, 0.1) is 0 Å². The van der Waals surface area contributed by atoms with E-state index in [1.54, 1.807) is 32.3 Å². The molecule has 20 heavy (non-hydrogen) atoms. The van der Waals surface area contributed by atoms with Crippen LogP contribution in [0.2, 0.25) is 5.02 Å². The summed E-state index contributed by atoms with van der Waals surface area (Å²) in [6.45, 7) is 0. The Labute approximate surface area is 122 Å². The minimum atomic E-state index is -0.0949. The number of pyridine rings is 2. The largest absolute Gasteiger partial charge is 0.481 e. The van der Waals surface area contributed by atoms with Crippen molar-refractivity contribution in [2.24, 2.45) is 0 Å². The van der Waals surface area contributed by atoms with E-state index in [1.807, 2.05) is 0 Å². The molecule has 0 aliphatic carbocycles. The fourth-order valence-corrected chi connectivity index (χ4v) is 1.87. The molecule has 104 valence electrons. The number of amides is 1. The summed E-state index contributed by atoms with van der Waals surface area (Å²) >= 11 is 6.11. The third-order valence-electron chi connectivity index (χ3n) is 2.73. The van der Waals surface area contributed by atoms with Crippen LogP contribution in [0.4, 0.5) is 0 Å². The van der Waals surface area contributed by atoms with E-state index < -0.39 is 0 Å². The minimum Gasteiger partial charge on any atom is -0.481 e. The van der Waals surface area contributed by atoms with Gasteiger partial charge < -0.3 is 9.64 Å². The number of methoxy groups -OCH3 is 1. The molecule has 0 aliphatic heterocycles. The molecule has 0 aliphatic rings. The Bertz CT molecular complexity index is 627. The zero-order chi connectivity index (χ0) is 14.7. The maximum absolute atomic E-state index is 11.8. The first-order chi connectivity index (χ1) is 9.52. The summed E-state index contributed by atoms with van der Waals surface area (Å²) in [6.07, 6.45) is 3.04. The molecule has 1 amide bonds. The molecular weight excluding hydrogens is 278 g/mol. The van der Waals surface area contributed by atoms with Gasteiger partial charge in [-0.05, 0) is 12.1 Å². The van der Waals surface area contributed by atoms with Gasteiger partial charge in [-0.2, -0.15) is 0 Å². The number of carbonyl (C=O) groups excluding carboxylic acids is 1. The average Bonchev–Trinajstić information content (AvgIpc) is 2.47. The Morgan fingerprint density at radius 3 is 2.55 bits per heavy atom. The quantitative estimate of drug-likeness (QED) is 0.872.